The molecule has 0 aliphatic carbocycles. The Morgan fingerprint density at radius 1 is 1.08 bits per heavy atom. The van der Waals surface area contributed by atoms with Gasteiger partial charge < -0.3 is 9.15 Å². The monoisotopic (exact) mass is 344 g/mol. The minimum absolute atomic E-state index is 0.225. The highest BCUT2D eigenvalue weighted by molar-refractivity contribution is 5.55. The van der Waals surface area contributed by atoms with Crippen molar-refractivity contribution in [2.24, 2.45) is 0 Å². The number of rotatable bonds is 6. The number of hydrogen-bond acceptors (Lipinski definition) is 4. The molecule has 0 N–H and O–H groups in total. The second kappa shape index (κ2) is 7.44. The smallest absolute Gasteiger partial charge is 0.209 e. The summed E-state index contributed by atoms with van der Waals surface area (Å²) in [6.45, 7) is 1.00. The quantitative estimate of drug-likeness (QED) is 0.670. The zero-order valence-electron chi connectivity index (χ0n) is 14.0. The molecule has 0 unspecified atom stereocenters. The van der Waals surface area contributed by atoms with Crippen LogP contribution in [0.25, 0.3) is 11.3 Å². The summed E-state index contributed by atoms with van der Waals surface area (Å²) in [5.41, 5.74) is 1.59. The molecule has 0 bridgehead atoms. The van der Waals surface area contributed by atoms with Gasteiger partial charge in [-0.25, -0.2) is 13.8 Å². The van der Waals surface area contributed by atoms with E-state index in [0.29, 0.717) is 24.7 Å². The van der Waals surface area contributed by atoms with Crippen LogP contribution < -0.4 is 4.74 Å². The number of hydrogen-bond donors (Lipinski definition) is 0. The van der Waals surface area contributed by atoms with Gasteiger partial charge in [0.1, 0.15) is 5.82 Å². The lowest BCUT2D eigenvalue weighted by Gasteiger charge is -2.15. The molecule has 0 atom stereocenters. The van der Waals surface area contributed by atoms with Gasteiger partial charge in [-0.05, 0) is 49.0 Å². The average molecular weight is 344 g/mol. The molecule has 0 aliphatic rings. The number of benzene rings is 2. The van der Waals surface area contributed by atoms with Crippen LogP contribution in [-0.4, -0.2) is 24.0 Å². The van der Waals surface area contributed by atoms with Crippen LogP contribution in [0.4, 0.5) is 8.78 Å². The highest BCUT2D eigenvalue weighted by atomic mass is 19.1. The van der Waals surface area contributed by atoms with E-state index in [1.54, 1.807) is 24.4 Å². The summed E-state index contributed by atoms with van der Waals surface area (Å²) in [5.74, 6) is 0.663. The van der Waals surface area contributed by atoms with Crippen LogP contribution in [0.2, 0.25) is 0 Å². The first kappa shape index (κ1) is 17.1. The Labute approximate surface area is 144 Å². The summed E-state index contributed by atoms with van der Waals surface area (Å²) in [6.07, 6.45) is 1.61. The van der Waals surface area contributed by atoms with E-state index in [2.05, 4.69) is 4.98 Å². The summed E-state index contributed by atoms with van der Waals surface area (Å²) >= 11 is 0. The standard InChI is InChI=1S/C19H18F2N2O2/c1-23(11-13-3-8-17(24-2)16(21)9-13)12-19-22-10-18(25-19)14-4-6-15(20)7-5-14/h3-10H,11-12H2,1-2H3. The van der Waals surface area contributed by atoms with Gasteiger partial charge in [0, 0.05) is 12.1 Å². The van der Waals surface area contributed by atoms with Gasteiger partial charge in [0.15, 0.2) is 17.3 Å². The van der Waals surface area contributed by atoms with E-state index in [-0.39, 0.29) is 17.4 Å². The van der Waals surface area contributed by atoms with Crippen molar-refractivity contribution in [2.45, 2.75) is 13.1 Å². The van der Waals surface area contributed by atoms with E-state index in [4.69, 9.17) is 9.15 Å². The third kappa shape index (κ3) is 4.22. The number of ether oxygens (including phenoxy) is 1. The van der Waals surface area contributed by atoms with Crippen molar-refractivity contribution >= 4 is 0 Å². The van der Waals surface area contributed by atoms with E-state index in [9.17, 15) is 8.78 Å². The molecule has 0 saturated heterocycles. The Morgan fingerprint density at radius 3 is 2.52 bits per heavy atom. The van der Waals surface area contributed by atoms with Gasteiger partial charge in [-0.2, -0.15) is 0 Å². The normalized spacial score (nSPS) is 11.1. The molecule has 0 aliphatic heterocycles. The molecule has 3 rings (SSSR count). The molecular formula is C19H18F2N2O2. The number of halogens is 2. The lowest BCUT2D eigenvalue weighted by Crippen LogP contribution is -2.17. The van der Waals surface area contributed by atoms with Gasteiger partial charge in [0.2, 0.25) is 5.89 Å². The van der Waals surface area contributed by atoms with Crippen molar-refractivity contribution in [1.29, 1.82) is 0 Å². The summed E-state index contributed by atoms with van der Waals surface area (Å²) < 4.78 is 37.3. The van der Waals surface area contributed by atoms with Crippen LogP contribution >= 0.6 is 0 Å². The fourth-order valence-electron chi connectivity index (χ4n) is 2.54. The van der Waals surface area contributed by atoms with Crippen molar-refractivity contribution < 1.29 is 17.9 Å². The van der Waals surface area contributed by atoms with Gasteiger partial charge in [0.05, 0.1) is 19.9 Å². The molecule has 1 heterocycles. The molecule has 0 radical (unpaired) electrons. The molecule has 3 aromatic rings. The predicted molar refractivity (Wildman–Crippen MR) is 90.0 cm³/mol. The SMILES string of the molecule is COc1ccc(CN(C)Cc2ncc(-c3ccc(F)cc3)o2)cc1F. The highest BCUT2D eigenvalue weighted by Gasteiger charge is 2.11. The molecule has 1 aromatic heterocycles. The van der Waals surface area contributed by atoms with Crippen LogP contribution in [0.1, 0.15) is 11.5 Å². The minimum atomic E-state index is -0.386. The van der Waals surface area contributed by atoms with Crippen molar-refractivity contribution in [1.82, 2.24) is 9.88 Å². The van der Waals surface area contributed by atoms with E-state index in [1.165, 1.54) is 25.3 Å². The average Bonchev–Trinajstić information content (AvgIpc) is 3.04. The van der Waals surface area contributed by atoms with Gasteiger partial charge in [-0.3, -0.25) is 4.90 Å². The minimum Gasteiger partial charge on any atom is -0.494 e. The molecule has 130 valence electrons. The molecule has 4 nitrogen and oxygen atoms in total. The van der Waals surface area contributed by atoms with Gasteiger partial charge in [0.25, 0.3) is 0 Å². The van der Waals surface area contributed by atoms with E-state index in [0.717, 1.165) is 11.1 Å². The summed E-state index contributed by atoms with van der Waals surface area (Å²) in [5, 5.41) is 0. The van der Waals surface area contributed by atoms with Crippen LogP contribution in [0.15, 0.2) is 53.1 Å². The van der Waals surface area contributed by atoms with Crippen LogP contribution in [0.3, 0.4) is 0 Å². The largest absolute Gasteiger partial charge is 0.494 e. The lowest BCUT2D eigenvalue weighted by molar-refractivity contribution is 0.282. The van der Waals surface area contributed by atoms with Crippen molar-refractivity contribution in [3.8, 4) is 17.1 Å². The fourth-order valence-corrected chi connectivity index (χ4v) is 2.54. The maximum absolute atomic E-state index is 13.7. The second-order valence-electron chi connectivity index (χ2n) is 5.77. The van der Waals surface area contributed by atoms with E-state index >= 15 is 0 Å². The topological polar surface area (TPSA) is 38.5 Å². The highest BCUT2D eigenvalue weighted by Crippen LogP contribution is 2.22. The molecule has 6 heteroatoms. The van der Waals surface area contributed by atoms with Gasteiger partial charge in [-0.15, -0.1) is 0 Å². The molecular weight excluding hydrogens is 326 g/mol. The van der Waals surface area contributed by atoms with Gasteiger partial charge >= 0.3 is 0 Å². The third-order valence-electron chi connectivity index (χ3n) is 3.76. The number of methoxy groups -OCH3 is 1. The van der Waals surface area contributed by atoms with Crippen LogP contribution in [0.5, 0.6) is 5.75 Å². The van der Waals surface area contributed by atoms with Crippen molar-refractivity contribution in [3.05, 3.63) is 71.8 Å². The Bertz CT molecular complexity index is 847. The fraction of sp³-hybridized carbons (Fsp3) is 0.211. The molecule has 0 fully saturated rings. The number of nitrogens with zero attached hydrogens (tertiary/aromatic N) is 2. The maximum Gasteiger partial charge on any atom is 0.209 e. The number of aromatic nitrogens is 1. The van der Waals surface area contributed by atoms with Crippen molar-refractivity contribution in [3.63, 3.8) is 0 Å². The first-order chi connectivity index (χ1) is 12.0. The predicted octanol–water partition coefficient (Wildman–Crippen LogP) is 4.26. The zero-order valence-corrected chi connectivity index (χ0v) is 14.0. The number of oxazole rings is 1. The zero-order chi connectivity index (χ0) is 17.8. The molecule has 2 aromatic carbocycles. The lowest BCUT2D eigenvalue weighted by atomic mass is 10.2. The molecule has 0 spiro atoms. The van der Waals surface area contributed by atoms with E-state index < -0.39 is 0 Å². The maximum atomic E-state index is 13.7. The Balaban J connectivity index is 1.64. The Morgan fingerprint density at radius 2 is 1.84 bits per heavy atom. The van der Waals surface area contributed by atoms with Crippen LogP contribution in [0, 0.1) is 11.6 Å². The first-order valence-electron chi connectivity index (χ1n) is 7.77. The summed E-state index contributed by atoms with van der Waals surface area (Å²) in [7, 11) is 3.33. The van der Waals surface area contributed by atoms with Crippen molar-refractivity contribution in [2.75, 3.05) is 14.2 Å². The second-order valence-corrected chi connectivity index (χ2v) is 5.77. The molecule has 25 heavy (non-hydrogen) atoms. The Kier molecular flexibility index (Phi) is 5.09. The van der Waals surface area contributed by atoms with E-state index in [1.807, 2.05) is 18.0 Å². The summed E-state index contributed by atoms with van der Waals surface area (Å²) in [6, 6.07) is 10.9. The first-order valence-corrected chi connectivity index (χ1v) is 7.77. The third-order valence-corrected chi connectivity index (χ3v) is 3.76. The molecule has 0 amide bonds. The van der Waals surface area contributed by atoms with Crippen LogP contribution in [-0.2, 0) is 13.1 Å². The van der Waals surface area contributed by atoms with Gasteiger partial charge in [-0.1, -0.05) is 6.07 Å². The summed E-state index contributed by atoms with van der Waals surface area (Å²) in [4.78, 5) is 6.21. The molecule has 0 saturated carbocycles. The Hall–Kier alpha value is -2.73.